The number of benzene rings is 2. The second-order valence-electron chi connectivity index (χ2n) is 5.66. The van der Waals surface area contributed by atoms with Crippen molar-refractivity contribution in [2.45, 2.75) is 12.6 Å². The van der Waals surface area contributed by atoms with E-state index in [9.17, 15) is 5.11 Å². The fourth-order valence-electron chi connectivity index (χ4n) is 2.72. The third-order valence-electron chi connectivity index (χ3n) is 3.83. The fourth-order valence-corrected chi connectivity index (χ4v) is 2.72. The number of methoxy groups -OCH3 is 1. The summed E-state index contributed by atoms with van der Waals surface area (Å²) in [5, 5.41) is 10.2. The van der Waals surface area contributed by atoms with E-state index in [-0.39, 0.29) is 11.9 Å². The largest absolute Gasteiger partial charge is 0.504 e. The molecule has 0 bridgehead atoms. The Hall–Kier alpha value is -2.40. The van der Waals surface area contributed by atoms with Crippen molar-refractivity contribution in [3.63, 3.8) is 0 Å². The van der Waals surface area contributed by atoms with Crippen molar-refractivity contribution < 1.29 is 19.3 Å². The van der Waals surface area contributed by atoms with Gasteiger partial charge in [0, 0.05) is 18.7 Å². The molecule has 0 saturated heterocycles. The van der Waals surface area contributed by atoms with Crippen LogP contribution < -0.4 is 14.2 Å². The summed E-state index contributed by atoms with van der Waals surface area (Å²) >= 11 is 0. The van der Waals surface area contributed by atoms with Crippen molar-refractivity contribution in [1.29, 1.82) is 0 Å². The Bertz CT molecular complexity index is 674. The Morgan fingerprint density at radius 3 is 2.74 bits per heavy atom. The number of hydrogen-bond acceptors (Lipinski definition) is 5. The normalized spacial score (nSPS) is 16.4. The second kappa shape index (κ2) is 6.79. The van der Waals surface area contributed by atoms with Crippen molar-refractivity contribution >= 4 is 0 Å². The Balaban J connectivity index is 1.61. The van der Waals surface area contributed by atoms with Crippen LogP contribution >= 0.6 is 0 Å². The van der Waals surface area contributed by atoms with Crippen LogP contribution in [0.3, 0.4) is 0 Å². The number of likely N-dealkylation sites (N-methyl/N-ethyl adjacent to an activating group) is 1. The molecule has 1 heterocycles. The molecule has 23 heavy (non-hydrogen) atoms. The molecule has 0 radical (unpaired) electrons. The summed E-state index contributed by atoms with van der Waals surface area (Å²) in [5.74, 6) is 2.24. The smallest absolute Gasteiger partial charge is 0.162 e. The molecule has 3 rings (SSSR count). The lowest BCUT2D eigenvalue weighted by Gasteiger charge is -2.29. The van der Waals surface area contributed by atoms with E-state index < -0.39 is 0 Å². The van der Waals surface area contributed by atoms with E-state index in [2.05, 4.69) is 4.90 Å². The molecule has 0 saturated carbocycles. The highest BCUT2D eigenvalue weighted by Gasteiger charge is 2.22. The van der Waals surface area contributed by atoms with Crippen LogP contribution in [-0.4, -0.2) is 43.4 Å². The van der Waals surface area contributed by atoms with Gasteiger partial charge < -0.3 is 19.3 Å². The van der Waals surface area contributed by atoms with E-state index in [4.69, 9.17) is 14.2 Å². The lowest BCUT2D eigenvalue weighted by atomic mass is 10.1. The zero-order valence-corrected chi connectivity index (χ0v) is 13.4. The first-order valence-corrected chi connectivity index (χ1v) is 7.59. The molecule has 1 unspecified atom stereocenters. The summed E-state index contributed by atoms with van der Waals surface area (Å²) < 4.78 is 16.8. The molecule has 5 nitrogen and oxygen atoms in total. The lowest BCUT2D eigenvalue weighted by molar-refractivity contribution is 0.0636. The first-order valence-electron chi connectivity index (χ1n) is 7.59. The van der Waals surface area contributed by atoms with Crippen molar-refractivity contribution in [1.82, 2.24) is 4.90 Å². The summed E-state index contributed by atoms with van der Waals surface area (Å²) in [6, 6.07) is 13.2. The third kappa shape index (κ3) is 3.51. The minimum Gasteiger partial charge on any atom is -0.504 e. The minimum atomic E-state index is -0.0392. The predicted molar refractivity (Wildman–Crippen MR) is 87.3 cm³/mol. The maximum absolute atomic E-state index is 10.2. The summed E-state index contributed by atoms with van der Waals surface area (Å²) in [4.78, 5) is 2.09. The van der Waals surface area contributed by atoms with Crippen LogP contribution in [-0.2, 0) is 6.54 Å². The van der Waals surface area contributed by atoms with E-state index in [1.807, 2.05) is 43.4 Å². The maximum atomic E-state index is 10.2. The Morgan fingerprint density at radius 1 is 1.17 bits per heavy atom. The van der Waals surface area contributed by atoms with Crippen LogP contribution in [0.25, 0.3) is 0 Å². The predicted octanol–water partition coefficient (Wildman–Crippen LogP) is 2.67. The third-order valence-corrected chi connectivity index (χ3v) is 3.83. The van der Waals surface area contributed by atoms with Crippen molar-refractivity contribution in [2.24, 2.45) is 0 Å². The Morgan fingerprint density at radius 2 is 1.96 bits per heavy atom. The molecule has 1 N–H and O–H groups in total. The molecular weight excluding hydrogens is 294 g/mol. The number of phenolic OH excluding ortho intramolecular Hbond substituents is 1. The summed E-state index contributed by atoms with van der Waals surface area (Å²) in [5.41, 5.74) is 0.823. The standard InChI is InChI=1S/C18H21NO4/c1-19(10-13-6-5-9-17(21-2)18(13)20)11-14-12-22-15-7-3-4-8-16(15)23-14/h3-9,14,20H,10-12H2,1-2H3. The molecule has 2 aromatic carbocycles. The number of fused-ring (bicyclic) bond motifs is 1. The van der Waals surface area contributed by atoms with Gasteiger partial charge in [-0.15, -0.1) is 0 Å². The van der Waals surface area contributed by atoms with E-state index in [1.165, 1.54) is 0 Å². The van der Waals surface area contributed by atoms with E-state index >= 15 is 0 Å². The van der Waals surface area contributed by atoms with Crippen molar-refractivity contribution in [3.8, 4) is 23.0 Å². The molecule has 0 amide bonds. The van der Waals surface area contributed by atoms with Crippen LogP contribution in [0.5, 0.6) is 23.0 Å². The van der Waals surface area contributed by atoms with Gasteiger partial charge in [0.2, 0.25) is 0 Å². The van der Waals surface area contributed by atoms with Crippen LogP contribution in [0, 0.1) is 0 Å². The van der Waals surface area contributed by atoms with E-state index in [1.54, 1.807) is 13.2 Å². The molecule has 5 heteroatoms. The van der Waals surface area contributed by atoms with Crippen molar-refractivity contribution in [2.75, 3.05) is 27.3 Å². The zero-order chi connectivity index (χ0) is 16.2. The molecule has 2 aromatic rings. The first kappa shape index (κ1) is 15.5. The maximum Gasteiger partial charge on any atom is 0.162 e. The molecule has 1 aliphatic heterocycles. The van der Waals surface area contributed by atoms with Crippen molar-refractivity contribution in [3.05, 3.63) is 48.0 Å². The highest BCUT2D eigenvalue weighted by Crippen LogP contribution is 2.32. The van der Waals surface area contributed by atoms with Crippen LogP contribution in [0.2, 0.25) is 0 Å². The summed E-state index contributed by atoms with van der Waals surface area (Å²) in [6.07, 6.45) is -0.0392. The highest BCUT2D eigenvalue weighted by molar-refractivity contribution is 5.45. The Labute approximate surface area is 136 Å². The number of rotatable bonds is 5. The topological polar surface area (TPSA) is 51.2 Å². The Kier molecular flexibility index (Phi) is 4.57. The molecule has 0 spiro atoms. The van der Waals surface area contributed by atoms with Gasteiger partial charge in [0.15, 0.2) is 23.0 Å². The zero-order valence-electron chi connectivity index (χ0n) is 13.4. The number of ether oxygens (including phenoxy) is 3. The van der Waals surface area contributed by atoms with Gasteiger partial charge in [0.25, 0.3) is 0 Å². The minimum absolute atomic E-state index is 0.0392. The quantitative estimate of drug-likeness (QED) is 0.919. The molecule has 0 aliphatic carbocycles. The molecule has 0 aromatic heterocycles. The van der Waals surface area contributed by atoms with Crippen LogP contribution in [0.15, 0.2) is 42.5 Å². The van der Waals surface area contributed by atoms with E-state index in [0.29, 0.717) is 25.4 Å². The van der Waals surface area contributed by atoms with E-state index in [0.717, 1.165) is 17.1 Å². The molecule has 0 fully saturated rings. The number of para-hydroxylation sites is 3. The number of aromatic hydroxyl groups is 1. The van der Waals surface area contributed by atoms with Gasteiger partial charge in [0.05, 0.1) is 7.11 Å². The van der Waals surface area contributed by atoms with Gasteiger partial charge >= 0.3 is 0 Å². The van der Waals surface area contributed by atoms with Gasteiger partial charge in [-0.1, -0.05) is 24.3 Å². The molecule has 1 atom stereocenters. The lowest BCUT2D eigenvalue weighted by Crippen LogP contribution is -2.39. The van der Waals surface area contributed by atoms with Crippen LogP contribution in [0.1, 0.15) is 5.56 Å². The molecular formula is C18H21NO4. The first-order chi connectivity index (χ1) is 11.2. The number of nitrogens with zero attached hydrogens (tertiary/aromatic N) is 1. The molecule has 1 aliphatic rings. The van der Waals surface area contributed by atoms with Gasteiger partial charge in [-0.25, -0.2) is 0 Å². The fraction of sp³-hybridized carbons (Fsp3) is 0.333. The second-order valence-corrected chi connectivity index (χ2v) is 5.66. The van der Waals surface area contributed by atoms with Gasteiger partial charge in [0.1, 0.15) is 12.7 Å². The highest BCUT2D eigenvalue weighted by atomic mass is 16.6. The van der Waals surface area contributed by atoms with Gasteiger partial charge in [-0.2, -0.15) is 0 Å². The average Bonchev–Trinajstić information content (AvgIpc) is 2.56. The monoisotopic (exact) mass is 315 g/mol. The van der Waals surface area contributed by atoms with Gasteiger partial charge in [-0.05, 0) is 25.2 Å². The van der Waals surface area contributed by atoms with Gasteiger partial charge in [-0.3, -0.25) is 4.90 Å². The number of hydrogen-bond donors (Lipinski definition) is 1. The average molecular weight is 315 g/mol. The number of phenols is 1. The summed E-state index contributed by atoms with van der Waals surface area (Å²) in [7, 11) is 3.54. The SMILES string of the molecule is COc1cccc(CN(C)CC2COc3ccccc3O2)c1O. The molecule has 122 valence electrons. The summed E-state index contributed by atoms with van der Waals surface area (Å²) in [6.45, 7) is 1.82. The van der Waals surface area contributed by atoms with Crippen LogP contribution in [0.4, 0.5) is 0 Å².